The molecule has 92 valence electrons. The van der Waals surface area contributed by atoms with Gasteiger partial charge >= 0.3 is 5.97 Å². The number of carboxylic acids is 1. The van der Waals surface area contributed by atoms with Crippen LogP contribution in [0.25, 0.3) is 0 Å². The SMILES string of the molecule is C=CCN(CC=C)c1ccc(C(=O)O)cc1C#N. The molecule has 0 aliphatic carbocycles. The first-order valence-corrected chi connectivity index (χ1v) is 5.38. The van der Waals surface area contributed by atoms with E-state index in [4.69, 9.17) is 10.4 Å². The Labute approximate surface area is 106 Å². The lowest BCUT2D eigenvalue weighted by Crippen LogP contribution is -2.24. The van der Waals surface area contributed by atoms with Gasteiger partial charge in [-0.2, -0.15) is 5.26 Å². The van der Waals surface area contributed by atoms with Crippen LogP contribution in [0.2, 0.25) is 0 Å². The number of anilines is 1. The Hall–Kier alpha value is -2.54. The Kier molecular flexibility index (Phi) is 4.70. The van der Waals surface area contributed by atoms with Crippen molar-refractivity contribution in [2.45, 2.75) is 0 Å². The van der Waals surface area contributed by atoms with Crippen LogP contribution in [0.1, 0.15) is 15.9 Å². The molecule has 0 spiro atoms. The van der Waals surface area contributed by atoms with Crippen molar-refractivity contribution >= 4 is 11.7 Å². The van der Waals surface area contributed by atoms with Crippen molar-refractivity contribution in [3.63, 3.8) is 0 Å². The lowest BCUT2D eigenvalue weighted by atomic mass is 10.1. The second-order valence-electron chi connectivity index (χ2n) is 3.63. The van der Waals surface area contributed by atoms with Gasteiger partial charge in [0.1, 0.15) is 6.07 Å². The maximum absolute atomic E-state index is 10.8. The fourth-order valence-corrected chi connectivity index (χ4v) is 1.62. The van der Waals surface area contributed by atoms with Gasteiger partial charge in [0.15, 0.2) is 0 Å². The molecule has 0 amide bonds. The highest BCUT2D eigenvalue weighted by atomic mass is 16.4. The smallest absolute Gasteiger partial charge is 0.335 e. The van der Waals surface area contributed by atoms with Crippen molar-refractivity contribution in [2.75, 3.05) is 18.0 Å². The van der Waals surface area contributed by atoms with Gasteiger partial charge in [-0.3, -0.25) is 0 Å². The number of hydrogen-bond acceptors (Lipinski definition) is 3. The minimum Gasteiger partial charge on any atom is -0.478 e. The first-order valence-electron chi connectivity index (χ1n) is 5.38. The van der Waals surface area contributed by atoms with E-state index in [0.29, 0.717) is 24.3 Å². The van der Waals surface area contributed by atoms with Gasteiger partial charge in [0.05, 0.1) is 16.8 Å². The molecule has 1 N–H and O–H groups in total. The van der Waals surface area contributed by atoms with Crippen molar-refractivity contribution in [2.24, 2.45) is 0 Å². The van der Waals surface area contributed by atoms with Crippen LogP contribution in [0, 0.1) is 11.3 Å². The molecule has 1 aromatic rings. The highest BCUT2D eigenvalue weighted by Crippen LogP contribution is 2.21. The Bertz CT molecular complexity index is 505. The van der Waals surface area contributed by atoms with E-state index in [1.165, 1.54) is 12.1 Å². The lowest BCUT2D eigenvalue weighted by molar-refractivity contribution is 0.0697. The van der Waals surface area contributed by atoms with Crippen molar-refractivity contribution in [1.29, 1.82) is 5.26 Å². The molecule has 0 heterocycles. The highest BCUT2D eigenvalue weighted by molar-refractivity contribution is 5.89. The van der Waals surface area contributed by atoms with Crippen LogP contribution in [0.5, 0.6) is 0 Å². The Morgan fingerprint density at radius 1 is 1.39 bits per heavy atom. The predicted molar refractivity (Wildman–Crippen MR) is 70.7 cm³/mol. The van der Waals surface area contributed by atoms with Gasteiger partial charge < -0.3 is 10.0 Å². The zero-order valence-corrected chi connectivity index (χ0v) is 9.97. The first kappa shape index (κ1) is 13.5. The summed E-state index contributed by atoms with van der Waals surface area (Å²) in [5, 5.41) is 18.0. The molecule has 0 aromatic heterocycles. The summed E-state index contributed by atoms with van der Waals surface area (Å²) >= 11 is 0. The number of nitriles is 1. The van der Waals surface area contributed by atoms with Gasteiger partial charge in [-0.1, -0.05) is 12.2 Å². The van der Waals surface area contributed by atoms with E-state index in [1.54, 1.807) is 18.2 Å². The zero-order valence-electron chi connectivity index (χ0n) is 9.97. The van der Waals surface area contributed by atoms with Gasteiger partial charge in [-0.15, -0.1) is 13.2 Å². The minimum atomic E-state index is -1.04. The molecule has 4 heteroatoms. The molecule has 1 rings (SSSR count). The van der Waals surface area contributed by atoms with Crippen LogP contribution in [-0.4, -0.2) is 24.2 Å². The molecule has 0 aliphatic heterocycles. The van der Waals surface area contributed by atoms with Crippen molar-refractivity contribution in [3.8, 4) is 6.07 Å². The number of carboxylic acid groups (broad SMARTS) is 1. The third-order valence-electron chi connectivity index (χ3n) is 2.40. The van der Waals surface area contributed by atoms with Crippen LogP contribution in [0.4, 0.5) is 5.69 Å². The topological polar surface area (TPSA) is 64.3 Å². The van der Waals surface area contributed by atoms with E-state index in [0.717, 1.165) is 0 Å². The van der Waals surface area contributed by atoms with E-state index < -0.39 is 5.97 Å². The summed E-state index contributed by atoms with van der Waals surface area (Å²) in [6.45, 7) is 8.44. The molecular formula is C14H14N2O2. The van der Waals surface area contributed by atoms with Crippen LogP contribution >= 0.6 is 0 Å². The van der Waals surface area contributed by atoms with Crippen LogP contribution in [-0.2, 0) is 0 Å². The monoisotopic (exact) mass is 242 g/mol. The number of nitrogens with zero attached hydrogens (tertiary/aromatic N) is 2. The van der Waals surface area contributed by atoms with Crippen LogP contribution < -0.4 is 4.90 Å². The summed E-state index contributed by atoms with van der Waals surface area (Å²) in [5.41, 5.74) is 1.12. The number of rotatable bonds is 6. The van der Waals surface area contributed by atoms with Gasteiger partial charge in [0, 0.05) is 13.1 Å². The summed E-state index contributed by atoms with van der Waals surface area (Å²) in [7, 11) is 0. The van der Waals surface area contributed by atoms with Gasteiger partial charge in [-0.05, 0) is 18.2 Å². The van der Waals surface area contributed by atoms with Crippen LogP contribution in [0.15, 0.2) is 43.5 Å². The van der Waals surface area contributed by atoms with E-state index in [1.807, 2.05) is 11.0 Å². The molecule has 18 heavy (non-hydrogen) atoms. The summed E-state index contributed by atoms with van der Waals surface area (Å²) < 4.78 is 0. The summed E-state index contributed by atoms with van der Waals surface area (Å²) in [5.74, 6) is -1.04. The van der Waals surface area contributed by atoms with E-state index in [-0.39, 0.29) is 5.56 Å². The summed E-state index contributed by atoms with van der Waals surface area (Å²) in [4.78, 5) is 12.7. The van der Waals surface area contributed by atoms with Crippen LogP contribution in [0.3, 0.4) is 0 Å². The molecule has 0 atom stereocenters. The standard InChI is InChI=1S/C14H14N2O2/c1-3-7-16(8-4-2)13-6-5-11(14(17)18)9-12(13)10-15/h3-6,9H,1-2,7-8H2,(H,17,18). The second kappa shape index (κ2) is 6.26. The Balaban J connectivity index is 3.22. The van der Waals surface area contributed by atoms with E-state index in [9.17, 15) is 4.79 Å². The fraction of sp³-hybridized carbons (Fsp3) is 0.143. The first-order chi connectivity index (χ1) is 8.63. The summed E-state index contributed by atoms with van der Waals surface area (Å²) in [6.07, 6.45) is 3.44. The number of aromatic carboxylic acids is 1. The molecule has 1 aromatic carbocycles. The maximum atomic E-state index is 10.8. The van der Waals surface area contributed by atoms with Crippen molar-refractivity contribution in [3.05, 3.63) is 54.6 Å². The van der Waals surface area contributed by atoms with Gasteiger partial charge in [0.2, 0.25) is 0 Å². The number of hydrogen-bond donors (Lipinski definition) is 1. The predicted octanol–water partition coefficient (Wildman–Crippen LogP) is 2.43. The average molecular weight is 242 g/mol. The Morgan fingerprint density at radius 3 is 2.44 bits per heavy atom. The van der Waals surface area contributed by atoms with E-state index >= 15 is 0 Å². The molecule has 0 saturated carbocycles. The Morgan fingerprint density at radius 2 is 2.00 bits per heavy atom. The molecule has 0 bridgehead atoms. The quantitative estimate of drug-likeness (QED) is 0.778. The van der Waals surface area contributed by atoms with Gasteiger partial charge in [-0.25, -0.2) is 4.79 Å². The molecule has 0 radical (unpaired) electrons. The molecule has 4 nitrogen and oxygen atoms in total. The zero-order chi connectivity index (χ0) is 13.5. The third-order valence-corrected chi connectivity index (χ3v) is 2.40. The third kappa shape index (κ3) is 2.98. The molecule has 0 unspecified atom stereocenters. The van der Waals surface area contributed by atoms with Crippen molar-refractivity contribution in [1.82, 2.24) is 0 Å². The summed E-state index contributed by atoms with van der Waals surface area (Å²) in [6, 6.07) is 6.50. The maximum Gasteiger partial charge on any atom is 0.335 e. The number of carbonyl (C=O) groups is 1. The molecule has 0 aliphatic rings. The molecule has 0 saturated heterocycles. The van der Waals surface area contributed by atoms with Gasteiger partial charge in [0.25, 0.3) is 0 Å². The lowest BCUT2D eigenvalue weighted by Gasteiger charge is -2.22. The number of benzene rings is 1. The van der Waals surface area contributed by atoms with Crippen molar-refractivity contribution < 1.29 is 9.90 Å². The minimum absolute atomic E-state index is 0.104. The second-order valence-corrected chi connectivity index (χ2v) is 3.63. The largest absolute Gasteiger partial charge is 0.478 e. The fourth-order valence-electron chi connectivity index (χ4n) is 1.62. The van der Waals surface area contributed by atoms with E-state index in [2.05, 4.69) is 13.2 Å². The average Bonchev–Trinajstić information content (AvgIpc) is 2.37. The highest BCUT2D eigenvalue weighted by Gasteiger charge is 2.12. The molecule has 0 fully saturated rings. The normalized spacial score (nSPS) is 9.28. The molecular weight excluding hydrogens is 228 g/mol.